The molecule has 3 aromatic rings. The lowest BCUT2D eigenvalue weighted by Crippen LogP contribution is -2.17. The summed E-state index contributed by atoms with van der Waals surface area (Å²) in [6, 6.07) is 11.4. The zero-order chi connectivity index (χ0) is 18.1. The highest BCUT2D eigenvalue weighted by Gasteiger charge is 2.16. The van der Waals surface area contributed by atoms with Crippen molar-refractivity contribution in [2.45, 2.75) is 33.2 Å². The van der Waals surface area contributed by atoms with E-state index < -0.39 is 0 Å². The molecule has 0 saturated heterocycles. The summed E-state index contributed by atoms with van der Waals surface area (Å²) in [6.07, 6.45) is 1.76. The highest BCUT2D eigenvalue weighted by Crippen LogP contribution is 2.19. The minimum absolute atomic E-state index is 0.0732. The summed E-state index contributed by atoms with van der Waals surface area (Å²) in [6.45, 7) is 6.79. The number of fused-ring (bicyclic) bond motifs is 1. The monoisotopic (exact) mass is 337 g/mol. The Hall–Kier alpha value is -2.82. The van der Waals surface area contributed by atoms with Crippen LogP contribution in [0.25, 0.3) is 10.9 Å². The van der Waals surface area contributed by atoms with Crippen molar-refractivity contribution in [2.24, 2.45) is 7.05 Å². The van der Waals surface area contributed by atoms with E-state index in [9.17, 15) is 9.59 Å². The molecule has 0 aliphatic heterocycles. The summed E-state index contributed by atoms with van der Waals surface area (Å²) in [5.41, 5.74) is 3.12. The van der Waals surface area contributed by atoms with Gasteiger partial charge in [0.1, 0.15) is 5.69 Å². The number of aromatic nitrogens is 2. The largest absolute Gasteiger partial charge is 0.339 e. The number of carbonyl (C=O) groups excluding carboxylic acids is 1. The van der Waals surface area contributed by atoms with Gasteiger partial charge in [-0.1, -0.05) is 26.0 Å². The summed E-state index contributed by atoms with van der Waals surface area (Å²) >= 11 is 0. The maximum absolute atomic E-state index is 12.6. The number of amides is 1. The van der Waals surface area contributed by atoms with Gasteiger partial charge in [0.05, 0.1) is 10.9 Å². The van der Waals surface area contributed by atoms with Gasteiger partial charge in [0.2, 0.25) is 0 Å². The number of hydrogen-bond acceptors (Lipinski definition) is 2. The molecule has 2 heterocycles. The summed E-state index contributed by atoms with van der Waals surface area (Å²) in [4.78, 5) is 25.1. The Bertz CT molecular complexity index is 979. The molecular weight excluding hydrogens is 314 g/mol. The van der Waals surface area contributed by atoms with Crippen molar-refractivity contribution in [2.75, 3.05) is 5.32 Å². The van der Waals surface area contributed by atoms with Gasteiger partial charge in [-0.3, -0.25) is 9.59 Å². The van der Waals surface area contributed by atoms with E-state index in [0.717, 1.165) is 11.2 Å². The molecule has 0 unspecified atom stereocenters. The normalized spacial score (nSPS) is 11.2. The van der Waals surface area contributed by atoms with Crippen molar-refractivity contribution < 1.29 is 4.79 Å². The zero-order valence-electron chi connectivity index (χ0n) is 15.0. The fraction of sp³-hybridized carbons (Fsp3) is 0.300. The summed E-state index contributed by atoms with van der Waals surface area (Å²) in [5, 5.41) is 3.47. The van der Waals surface area contributed by atoms with Crippen LogP contribution in [0.4, 0.5) is 5.69 Å². The standard InChI is InChI=1S/C20H23N3O2/c1-5-23-11-10-17-16(20(23)25)12-18(22(17)4)19(24)21-15-8-6-14(7-9-15)13(2)3/h6-13H,5H2,1-4H3,(H,21,24). The van der Waals surface area contributed by atoms with Gasteiger partial charge in [-0.25, -0.2) is 0 Å². The molecule has 0 spiro atoms. The zero-order valence-corrected chi connectivity index (χ0v) is 15.0. The molecule has 0 bridgehead atoms. The number of rotatable bonds is 4. The third-order valence-electron chi connectivity index (χ3n) is 4.59. The lowest BCUT2D eigenvalue weighted by molar-refractivity contribution is 0.102. The van der Waals surface area contributed by atoms with Crippen LogP contribution >= 0.6 is 0 Å². The Kier molecular flexibility index (Phi) is 4.49. The van der Waals surface area contributed by atoms with Crippen LogP contribution in [0.1, 0.15) is 42.7 Å². The lowest BCUT2D eigenvalue weighted by Gasteiger charge is -2.09. The van der Waals surface area contributed by atoms with E-state index >= 15 is 0 Å². The second-order valence-corrected chi connectivity index (χ2v) is 6.53. The fourth-order valence-electron chi connectivity index (χ4n) is 2.99. The molecule has 25 heavy (non-hydrogen) atoms. The van der Waals surface area contributed by atoms with Crippen LogP contribution < -0.4 is 10.9 Å². The highest BCUT2D eigenvalue weighted by atomic mass is 16.2. The van der Waals surface area contributed by atoms with E-state index in [1.165, 1.54) is 5.56 Å². The van der Waals surface area contributed by atoms with E-state index in [1.54, 1.807) is 28.4 Å². The van der Waals surface area contributed by atoms with Crippen molar-refractivity contribution >= 4 is 22.5 Å². The molecule has 0 fully saturated rings. The second-order valence-electron chi connectivity index (χ2n) is 6.53. The third kappa shape index (κ3) is 3.09. The smallest absolute Gasteiger partial charge is 0.272 e. The number of pyridine rings is 1. The SMILES string of the molecule is CCn1ccc2c(cc(C(=O)Nc3ccc(C(C)C)cc3)n2C)c1=O. The first-order valence-electron chi connectivity index (χ1n) is 8.52. The van der Waals surface area contributed by atoms with Crippen molar-refractivity contribution in [1.82, 2.24) is 9.13 Å². The minimum Gasteiger partial charge on any atom is -0.339 e. The van der Waals surface area contributed by atoms with Gasteiger partial charge in [0.15, 0.2) is 0 Å². The Morgan fingerprint density at radius 3 is 2.44 bits per heavy atom. The number of hydrogen-bond donors (Lipinski definition) is 1. The van der Waals surface area contributed by atoms with Gasteiger partial charge in [-0.2, -0.15) is 0 Å². The first kappa shape index (κ1) is 17.0. The molecule has 1 aromatic carbocycles. The molecule has 1 N–H and O–H groups in total. The molecule has 130 valence electrons. The molecule has 1 amide bonds. The average Bonchev–Trinajstić information content (AvgIpc) is 2.94. The molecule has 0 aliphatic rings. The van der Waals surface area contributed by atoms with E-state index in [2.05, 4.69) is 19.2 Å². The van der Waals surface area contributed by atoms with Crippen LogP contribution in [0, 0.1) is 0 Å². The van der Waals surface area contributed by atoms with Gasteiger partial charge >= 0.3 is 0 Å². The predicted molar refractivity (Wildman–Crippen MR) is 101 cm³/mol. The van der Waals surface area contributed by atoms with Crippen molar-refractivity contribution in [1.29, 1.82) is 0 Å². The van der Waals surface area contributed by atoms with Crippen LogP contribution in [-0.4, -0.2) is 15.0 Å². The average molecular weight is 337 g/mol. The van der Waals surface area contributed by atoms with Crippen molar-refractivity contribution in [3.63, 3.8) is 0 Å². The number of nitrogens with one attached hydrogen (secondary N) is 1. The van der Waals surface area contributed by atoms with Crippen molar-refractivity contribution in [3.8, 4) is 0 Å². The quantitative estimate of drug-likeness (QED) is 0.788. The van der Waals surface area contributed by atoms with Gasteiger partial charge < -0.3 is 14.5 Å². The third-order valence-corrected chi connectivity index (χ3v) is 4.59. The number of benzene rings is 1. The molecular formula is C20H23N3O2. The highest BCUT2D eigenvalue weighted by molar-refractivity contribution is 6.06. The predicted octanol–water partition coefficient (Wildman–Crippen LogP) is 3.74. The van der Waals surface area contributed by atoms with Crippen LogP contribution in [0.3, 0.4) is 0 Å². The first-order chi connectivity index (χ1) is 11.9. The van der Waals surface area contributed by atoms with E-state index in [0.29, 0.717) is 23.5 Å². The number of anilines is 1. The molecule has 3 rings (SSSR count). The van der Waals surface area contributed by atoms with Gasteiger partial charge in [0.25, 0.3) is 11.5 Å². The Morgan fingerprint density at radius 2 is 1.84 bits per heavy atom. The molecule has 2 aromatic heterocycles. The van der Waals surface area contributed by atoms with E-state index in [-0.39, 0.29) is 11.5 Å². The van der Waals surface area contributed by atoms with Gasteiger partial charge in [0, 0.05) is 25.5 Å². The maximum atomic E-state index is 12.6. The van der Waals surface area contributed by atoms with E-state index in [1.807, 2.05) is 37.3 Å². The van der Waals surface area contributed by atoms with E-state index in [4.69, 9.17) is 0 Å². The Morgan fingerprint density at radius 1 is 1.16 bits per heavy atom. The van der Waals surface area contributed by atoms with Crippen LogP contribution in [-0.2, 0) is 13.6 Å². The number of carbonyl (C=O) groups is 1. The number of aryl methyl sites for hydroxylation is 2. The molecule has 5 nitrogen and oxygen atoms in total. The van der Waals surface area contributed by atoms with Gasteiger partial charge in [-0.05, 0) is 42.7 Å². The molecule has 0 atom stereocenters. The summed E-state index contributed by atoms with van der Waals surface area (Å²) in [5.74, 6) is 0.224. The Balaban J connectivity index is 1.93. The maximum Gasteiger partial charge on any atom is 0.272 e. The fourth-order valence-corrected chi connectivity index (χ4v) is 2.99. The molecule has 0 saturated carbocycles. The molecule has 0 radical (unpaired) electrons. The van der Waals surface area contributed by atoms with Gasteiger partial charge in [-0.15, -0.1) is 0 Å². The molecule has 5 heteroatoms. The number of nitrogens with zero attached hydrogens (tertiary/aromatic N) is 2. The molecule has 0 aliphatic carbocycles. The topological polar surface area (TPSA) is 56.0 Å². The van der Waals surface area contributed by atoms with Crippen molar-refractivity contribution in [3.05, 3.63) is 64.2 Å². The summed E-state index contributed by atoms with van der Waals surface area (Å²) in [7, 11) is 1.80. The second kappa shape index (κ2) is 6.59. The van der Waals surface area contributed by atoms with Crippen LogP contribution in [0.2, 0.25) is 0 Å². The van der Waals surface area contributed by atoms with Crippen LogP contribution in [0.5, 0.6) is 0 Å². The summed E-state index contributed by atoms with van der Waals surface area (Å²) < 4.78 is 3.39. The van der Waals surface area contributed by atoms with Crippen LogP contribution in [0.15, 0.2) is 47.4 Å². The minimum atomic E-state index is -0.224. The Labute approximate surface area is 146 Å². The first-order valence-corrected chi connectivity index (χ1v) is 8.52. The lowest BCUT2D eigenvalue weighted by atomic mass is 10.0.